The molecule has 8 heteroatoms. The molecule has 2 unspecified atom stereocenters. The SMILES string of the molecule is CCCn1cc(S(=O)(=O)N2CCOC(C(C)N)C2)nc1C. The van der Waals surface area contributed by atoms with Gasteiger partial charge in [0.25, 0.3) is 10.0 Å². The molecule has 2 rings (SSSR count). The van der Waals surface area contributed by atoms with Crippen LogP contribution in [0, 0.1) is 6.92 Å². The van der Waals surface area contributed by atoms with E-state index in [4.69, 9.17) is 10.5 Å². The first kappa shape index (κ1) is 16.4. The molecular formula is C13H24N4O3S. The molecule has 1 fully saturated rings. The molecule has 1 aliphatic heterocycles. The van der Waals surface area contributed by atoms with E-state index < -0.39 is 10.0 Å². The lowest BCUT2D eigenvalue weighted by Crippen LogP contribution is -2.51. The number of hydrogen-bond acceptors (Lipinski definition) is 5. The zero-order chi connectivity index (χ0) is 15.6. The van der Waals surface area contributed by atoms with Crippen molar-refractivity contribution in [2.24, 2.45) is 5.73 Å². The van der Waals surface area contributed by atoms with Gasteiger partial charge in [-0.3, -0.25) is 0 Å². The van der Waals surface area contributed by atoms with Gasteiger partial charge in [-0.2, -0.15) is 4.31 Å². The van der Waals surface area contributed by atoms with Gasteiger partial charge >= 0.3 is 0 Å². The van der Waals surface area contributed by atoms with Crippen LogP contribution in [-0.2, 0) is 21.3 Å². The number of nitrogens with zero attached hydrogens (tertiary/aromatic N) is 3. The summed E-state index contributed by atoms with van der Waals surface area (Å²) in [6.45, 7) is 7.42. The summed E-state index contributed by atoms with van der Waals surface area (Å²) in [5.74, 6) is 0.715. The molecule has 120 valence electrons. The fraction of sp³-hybridized carbons (Fsp3) is 0.769. The predicted octanol–water partition coefficient (Wildman–Crippen LogP) is 0.338. The molecule has 0 aromatic carbocycles. The van der Waals surface area contributed by atoms with Crippen LogP contribution in [0.4, 0.5) is 0 Å². The summed E-state index contributed by atoms with van der Waals surface area (Å²) in [6, 6.07) is -0.206. The van der Waals surface area contributed by atoms with E-state index in [2.05, 4.69) is 4.98 Å². The number of rotatable bonds is 5. The lowest BCUT2D eigenvalue weighted by molar-refractivity contribution is -0.0120. The number of nitrogens with two attached hydrogens (primary N) is 1. The summed E-state index contributed by atoms with van der Waals surface area (Å²) in [6.07, 6.45) is 2.28. The van der Waals surface area contributed by atoms with Crippen LogP contribution < -0.4 is 5.73 Å². The fourth-order valence-corrected chi connectivity index (χ4v) is 3.82. The smallest absolute Gasteiger partial charge is 0.262 e. The number of ether oxygens (including phenoxy) is 1. The van der Waals surface area contributed by atoms with Gasteiger partial charge in [-0.05, 0) is 20.3 Å². The number of imidazole rings is 1. The van der Waals surface area contributed by atoms with Crippen LogP contribution in [0.3, 0.4) is 0 Å². The molecule has 0 bridgehead atoms. The molecule has 2 heterocycles. The Morgan fingerprint density at radius 1 is 1.57 bits per heavy atom. The molecule has 2 atom stereocenters. The lowest BCUT2D eigenvalue weighted by Gasteiger charge is -2.33. The number of morpholine rings is 1. The van der Waals surface area contributed by atoms with Crippen LogP contribution >= 0.6 is 0 Å². The van der Waals surface area contributed by atoms with Crippen molar-refractivity contribution in [1.29, 1.82) is 0 Å². The highest BCUT2D eigenvalue weighted by Crippen LogP contribution is 2.19. The van der Waals surface area contributed by atoms with Crippen molar-refractivity contribution >= 4 is 10.0 Å². The molecule has 0 radical (unpaired) electrons. The van der Waals surface area contributed by atoms with E-state index in [1.165, 1.54) is 4.31 Å². The van der Waals surface area contributed by atoms with Gasteiger partial charge in [0.1, 0.15) is 5.82 Å². The van der Waals surface area contributed by atoms with Crippen LogP contribution in [0.25, 0.3) is 0 Å². The first-order valence-corrected chi connectivity index (χ1v) is 8.71. The first-order valence-electron chi connectivity index (χ1n) is 7.27. The predicted molar refractivity (Wildman–Crippen MR) is 79.4 cm³/mol. The number of aryl methyl sites for hydroxylation is 2. The zero-order valence-electron chi connectivity index (χ0n) is 12.8. The van der Waals surface area contributed by atoms with Crippen LogP contribution in [0.1, 0.15) is 26.1 Å². The van der Waals surface area contributed by atoms with E-state index >= 15 is 0 Å². The minimum Gasteiger partial charge on any atom is -0.374 e. The maximum atomic E-state index is 12.7. The van der Waals surface area contributed by atoms with Gasteiger partial charge in [0.05, 0.1) is 12.7 Å². The van der Waals surface area contributed by atoms with E-state index in [0.29, 0.717) is 19.0 Å². The van der Waals surface area contributed by atoms with E-state index in [1.807, 2.05) is 25.3 Å². The molecule has 0 aliphatic carbocycles. The fourth-order valence-electron chi connectivity index (χ4n) is 2.39. The topological polar surface area (TPSA) is 90.5 Å². The average molecular weight is 316 g/mol. The zero-order valence-corrected chi connectivity index (χ0v) is 13.6. The average Bonchev–Trinajstić information content (AvgIpc) is 2.81. The van der Waals surface area contributed by atoms with Gasteiger partial charge in [0.2, 0.25) is 0 Å². The van der Waals surface area contributed by atoms with Crippen LogP contribution in [0.2, 0.25) is 0 Å². The Morgan fingerprint density at radius 2 is 2.29 bits per heavy atom. The molecule has 1 aromatic rings. The standard InChI is InChI=1S/C13H24N4O3S/c1-4-5-16-9-13(15-11(16)3)21(18,19)17-6-7-20-12(8-17)10(2)14/h9-10,12H,4-8,14H2,1-3H3. The van der Waals surface area contributed by atoms with Crippen molar-refractivity contribution in [3.8, 4) is 0 Å². The molecule has 0 spiro atoms. The number of sulfonamides is 1. The Bertz CT molecular complexity index is 582. The third-order valence-electron chi connectivity index (χ3n) is 3.67. The summed E-state index contributed by atoms with van der Waals surface area (Å²) in [5.41, 5.74) is 5.81. The van der Waals surface area contributed by atoms with Crippen LogP contribution in [0.15, 0.2) is 11.2 Å². The molecule has 1 saturated heterocycles. The van der Waals surface area contributed by atoms with Gasteiger partial charge in [-0.25, -0.2) is 13.4 Å². The first-order chi connectivity index (χ1) is 9.86. The molecular weight excluding hydrogens is 292 g/mol. The second-order valence-corrected chi connectivity index (χ2v) is 7.34. The van der Waals surface area contributed by atoms with Gasteiger partial charge in [-0.15, -0.1) is 0 Å². The van der Waals surface area contributed by atoms with Crippen LogP contribution in [-0.4, -0.2) is 54.1 Å². The van der Waals surface area contributed by atoms with Gasteiger partial charge in [0, 0.05) is 31.9 Å². The van der Waals surface area contributed by atoms with Crippen molar-refractivity contribution in [2.45, 2.75) is 50.9 Å². The van der Waals surface area contributed by atoms with Gasteiger partial charge in [-0.1, -0.05) is 6.92 Å². The summed E-state index contributed by atoms with van der Waals surface area (Å²) < 4.78 is 34.2. The minimum absolute atomic E-state index is 0.110. The Labute approximate surface area is 126 Å². The minimum atomic E-state index is -3.58. The monoisotopic (exact) mass is 316 g/mol. The molecule has 7 nitrogen and oxygen atoms in total. The Hall–Kier alpha value is -0.960. The van der Waals surface area contributed by atoms with Crippen LogP contribution in [0.5, 0.6) is 0 Å². The van der Waals surface area contributed by atoms with E-state index in [9.17, 15) is 8.42 Å². The molecule has 0 saturated carbocycles. The van der Waals surface area contributed by atoms with Crippen molar-refractivity contribution in [3.05, 3.63) is 12.0 Å². The van der Waals surface area contributed by atoms with Gasteiger partial charge < -0.3 is 15.0 Å². The van der Waals surface area contributed by atoms with E-state index in [0.717, 1.165) is 13.0 Å². The molecule has 0 amide bonds. The summed E-state index contributed by atoms with van der Waals surface area (Å²) >= 11 is 0. The highest BCUT2D eigenvalue weighted by atomic mass is 32.2. The Kier molecular flexibility index (Phi) is 5.03. The summed E-state index contributed by atoms with van der Waals surface area (Å²) in [7, 11) is -3.58. The lowest BCUT2D eigenvalue weighted by atomic mass is 10.2. The summed E-state index contributed by atoms with van der Waals surface area (Å²) in [5, 5.41) is 0.110. The van der Waals surface area contributed by atoms with E-state index in [1.54, 1.807) is 6.20 Å². The van der Waals surface area contributed by atoms with E-state index in [-0.39, 0.29) is 23.7 Å². The van der Waals surface area contributed by atoms with Crippen molar-refractivity contribution in [1.82, 2.24) is 13.9 Å². The van der Waals surface area contributed by atoms with Gasteiger partial charge in [0.15, 0.2) is 5.03 Å². The van der Waals surface area contributed by atoms with Crippen molar-refractivity contribution in [3.63, 3.8) is 0 Å². The highest BCUT2D eigenvalue weighted by molar-refractivity contribution is 7.89. The van der Waals surface area contributed by atoms with Crippen molar-refractivity contribution < 1.29 is 13.2 Å². The summed E-state index contributed by atoms with van der Waals surface area (Å²) in [4.78, 5) is 4.21. The third-order valence-corrected chi connectivity index (χ3v) is 5.40. The second-order valence-electron chi connectivity index (χ2n) is 5.45. The van der Waals surface area contributed by atoms with Crippen molar-refractivity contribution in [2.75, 3.05) is 19.7 Å². The Morgan fingerprint density at radius 3 is 2.90 bits per heavy atom. The quantitative estimate of drug-likeness (QED) is 0.846. The highest BCUT2D eigenvalue weighted by Gasteiger charge is 2.33. The maximum Gasteiger partial charge on any atom is 0.262 e. The largest absolute Gasteiger partial charge is 0.374 e. The third kappa shape index (κ3) is 3.45. The molecule has 1 aromatic heterocycles. The second kappa shape index (κ2) is 6.43. The number of hydrogen-bond donors (Lipinski definition) is 1. The number of aromatic nitrogens is 2. The molecule has 1 aliphatic rings. The molecule has 2 N–H and O–H groups in total. The molecule has 21 heavy (non-hydrogen) atoms. The normalized spacial score (nSPS) is 22.4. The Balaban J connectivity index is 2.23. The maximum absolute atomic E-state index is 12.7.